The Kier molecular flexibility index (Phi) is 4.66. The van der Waals surface area contributed by atoms with Crippen LogP contribution in [0.1, 0.15) is 26.3 Å². The van der Waals surface area contributed by atoms with Crippen LogP contribution in [0.15, 0.2) is 84.9 Å². The molecule has 0 N–H and O–H groups in total. The van der Waals surface area contributed by atoms with E-state index in [9.17, 15) is 23.6 Å². The van der Waals surface area contributed by atoms with Crippen LogP contribution >= 0.6 is 0 Å². The first-order valence-electron chi connectivity index (χ1n) is 11.2. The lowest BCUT2D eigenvalue weighted by Crippen LogP contribution is -2.51. The van der Waals surface area contributed by atoms with E-state index in [1.807, 2.05) is 30.3 Å². The molecule has 0 saturated carbocycles. The van der Waals surface area contributed by atoms with Gasteiger partial charge >= 0.3 is 0 Å². The Morgan fingerprint density at radius 3 is 2.00 bits per heavy atom. The maximum atomic E-state index is 13.7. The van der Waals surface area contributed by atoms with Gasteiger partial charge in [-0.2, -0.15) is 0 Å². The van der Waals surface area contributed by atoms with E-state index in [2.05, 4.69) is 0 Å². The predicted octanol–water partition coefficient (Wildman–Crippen LogP) is 3.86. The number of halogens is 1. The van der Waals surface area contributed by atoms with Gasteiger partial charge in [0, 0.05) is 11.1 Å². The molecule has 3 aliphatic rings. The highest BCUT2D eigenvalue weighted by Crippen LogP contribution is 2.53. The zero-order chi connectivity index (χ0) is 24.3. The Hall–Kier alpha value is -4.23. The maximum Gasteiger partial charge on any atom is 0.241 e. The van der Waals surface area contributed by atoms with E-state index < -0.39 is 52.7 Å². The van der Waals surface area contributed by atoms with Gasteiger partial charge in [0.1, 0.15) is 5.82 Å². The maximum absolute atomic E-state index is 13.7. The van der Waals surface area contributed by atoms with Crippen LogP contribution in [0.5, 0.6) is 0 Å². The summed E-state index contributed by atoms with van der Waals surface area (Å²) >= 11 is 0. The summed E-state index contributed by atoms with van der Waals surface area (Å²) < 4.78 is 19.6. The fraction of sp³-hybridized carbons (Fsp3) is 0.143. The molecule has 2 fully saturated rings. The topological polar surface area (TPSA) is 80.8 Å². The lowest BCUT2D eigenvalue weighted by molar-refractivity contribution is -0.126. The molecule has 1 aliphatic carbocycles. The summed E-state index contributed by atoms with van der Waals surface area (Å²) in [5.74, 6) is -5.49. The number of rotatable bonds is 3. The molecule has 6 nitrogen and oxygen atoms in total. The lowest BCUT2D eigenvalue weighted by Gasteiger charge is -2.26. The van der Waals surface area contributed by atoms with Crippen molar-refractivity contribution in [3.05, 3.63) is 107 Å². The molecule has 0 aromatic heterocycles. The van der Waals surface area contributed by atoms with Crippen LogP contribution in [0.2, 0.25) is 0 Å². The summed E-state index contributed by atoms with van der Waals surface area (Å²) in [6, 6.07) is 20.5. The zero-order valence-corrected chi connectivity index (χ0v) is 18.3. The second-order valence-electron chi connectivity index (χ2n) is 8.78. The van der Waals surface area contributed by atoms with Crippen molar-refractivity contribution in [2.24, 2.45) is 11.8 Å². The van der Waals surface area contributed by atoms with Crippen LogP contribution in [0.3, 0.4) is 0 Å². The Morgan fingerprint density at radius 2 is 1.37 bits per heavy atom. The lowest BCUT2D eigenvalue weighted by atomic mass is 9.78. The number of ether oxygens (including phenoxy) is 1. The minimum Gasteiger partial charge on any atom is -0.350 e. The van der Waals surface area contributed by atoms with Gasteiger partial charge in [0.25, 0.3) is 0 Å². The summed E-state index contributed by atoms with van der Waals surface area (Å²) in [6.07, 6.45) is 2.35. The largest absolute Gasteiger partial charge is 0.350 e. The fourth-order valence-electron chi connectivity index (χ4n) is 5.36. The smallest absolute Gasteiger partial charge is 0.241 e. The van der Waals surface area contributed by atoms with Crippen LogP contribution in [0, 0.1) is 17.7 Å². The number of carbonyl (C=O) groups is 4. The second kappa shape index (κ2) is 7.65. The number of imide groups is 1. The third-order valence-corrected chi connectivity index (χ3v) is 6.92. The molecule has 2 saturated heterocycles. The van der Waals surface area contributed by atoms with Crippen LogP contribution in [0.4, 0.5) is 10.1 Å². The number of anilines is 1. The number of nitrogens with zero attached hydrogens (tertiary/aromatic N) is 1. The van der Waals surface area contributed by atoms with E-state index in [0.29, 0.717) is 0 Å². The number of hydrogen-bond acceptors (Lipinski definition) is 5. The first kappa shape index (κ1) is 21.3. The molecule has 35 heavy (non-hydrogen) atoms. The van der Waals surface area contributed by atoms with Crippen molar-refractivity contribution in [2.45, 2.75) is 11.7 Å². The van der Waals surface area contributed by atoms with Crippen LogP contribution in [0.25, 0.3) is 6.08 Å². The molecular weight excluding hydrogens is 449 g/mol. The van der Waals surface area contributed by atoms with E-state index in [4.69, 9.17) is 4.74 Å². The highest BCUT2D eigenvalue weighted by atomic mass is 19.1. The second-order valence-corrected chi connectivity index (χ2v) is 8.78. The number of carbonyl (C=O) groups excluding carboxylic acids is 4. The highest BCUT2D eigenvalue weighted by molar-refractivity contribution is 6.37. The van der Waals surface area contributed by atoms with E-state index in [1.165, 1.54) is 24.3 Å². The van der Waals surface area contributed by atoms with Gasteiger partial charge < -0.3 is 4.74 Å². The molecule has 3 atom stereocenters. The monoisotopic (exact) mass is 467 g/mol. The van der Waals surface area contributed by atoms with E-state index >= 15 is 0 Å². The Morgan fingerprint density at radius 1 is 0.771 bits per heavy atom. The number of hydrogen-bond donors (Lipinski definition) is 0. The van der Waals surface area contributed by atoms with Crippen LogP contribution in [-0.2, 0) is 14.3 Å². The van der Waals surface area contributed by atoms with Crippen molar-refractivity contribution in [3.63, 3.8) is 0 Å². The number of Topliss-reactive ketones (excluding diaryl/α,β-unsaturated/α-hetero) is 2. The molecule has 3 aromatic rings. The zero-order valence-electron chi connectivity index (χ0n) is 18.3. The van der Waals surface area contributed by atoms with Crippen molar-refractivity contribution in [1.82, 2.24) is 0 Å². The molecule has 2 heterocycles. The average Bonchev–Trinajstić information content (AvgIpc) is 3.44. The number of ketones is 2. The van der Waals surface area contributed by atoms with Gasteiger partial charge in [0.15, 0.2) is 0 Å². The summed E-state index contributed by atoms with van der Waals surface area (Å²) in [5, 5.41) is 0. The fourth-order valence-corrected chi connectivity index (χ4v) is 5.36. The van der Waals surface area contributed by atoms with Crippen molar-refractivity contribution < 1.29 is 28.3 Å². The number of benzene rings is 3. The normalized spacial score (nSPS) is 24.6. The van der Waals surface area contributed by atoms with Gasteiger partial charge in [-0.15, -0.1) is 0 Å². The summed E-state index contributed by atoms with van der Waals surface area (Å²) in [5.41, 5.74) is -0.782. The van der Waals surface area contributed by atoms with Gasteiger partial charge in [0.05, 0.1) is 23.6 Å². The summed E-state index contributed by atoms with van der Waals surface area (Å²) in [6.45, 7) is 0. The first-order chi connectivity index (χ1) is 16.9. The minimum absolute atomic E-state index is 0.171. The average molecular weight is 467 g/mol. The van der Waals surface area contributed by atoms with Crippen molar-refractivity contribution in [1.29, 1.82) is 0 Å². The van der Waals surface area contributed by atoms with Crippen LogP contribution < -0.4 is 4.90 Å². The first-order valence-corrected chi connectivity index (χ1v) is 11.2. The summed E-state index contributed by atoms with van der Waals surface area (Å²) in [4.78, 5) is 55.5. The SMILES string of the molecule is O=C1C2C(C=Cc3ccccc3)OC3(C(=O)c4ccccc4C3=O)C2C(=O)N1c1ccc(F)cc1. The molecule has 2 aliphatic heterocycles. The predicted molar refractivity (Wildman–Crippen MR) is 124 cm³/mol. The molecule has 0 radical (unpaired) electrons. The molecule has 0 bridgehead atoms. The van der Waals surface area contributed by atoms with Crippen molar-refractivity contribution in [3.8, 4) is 0 Å². The van der Waals surface area contributed by atoms with Crippen LogP contribution in [-0.4, -0.2) is 35.1 Å². The third-order valence-electron chi connectivity index (χ3n) is 6.92. The molecule has 1 spiro atoms. The third kappa shape index (κ3) is 2.91. The van der Waals surface area contributed by atoms with E-state index in [-0.39, 0.29) is 16.8 Å². The molecular formula is C28H18FNO5. The Labute approximate surface area is 199 Å². The Bertz CT molecular complexity index is 1390. The molecule has 3 unspecified atom stereocenters. The van der Waals surface area contributed by atoms with Crippen molar-refractivity contribution in [2.75, 3.05) is 4.90 Å². The highest BCUT2D eigenvalue weighted by Gasteiger charge is 2.74. The number of fused-ring (bicyclic) bond motifs is 3. The Balaban J connectivity index is 1.48. The molecule has 3 aromatic carbocycles. The van der Waals surface area contributed by atoms with Gasteiger partial charge in [-0.25, -0.2) is 9.29 Å². The number of amides is 2. The van der Waals surface area contributed by atoms with Gasteiger partial charge in [-0.05, 0) is 29.8 Å². The van der Waals surface area contributed by atoms with Gasteiger partial charge in [-0.1, -0.05) is 66.7 Å². The van der Waals surface area contributed by atoms with Gasteiger partial charge in [0.2, 0.25) is 29.0 Å². The quantitative estimate of drug-likeness (QED) is 0.432. The molecule has 6 rings (SSSR count). The standard InChI is InChI=1S/C28H18FNO5/c29-17-11-13-18(14-12-17)30-26(33)22-21(15-10-16-6-2-1-3-7-16)35-28(23(22)27(30)34)24(31)19-8-4-5-9-20(19)25(28)32/h1-15,21-23H. The minimum atomic E-state index is -2.12. The van der Waals surface area contributed by atoms with Crippen molar-refractivity contribution >= 4 is 35.1 Å². The summed E-state index contributed by atoms with van der Waals surface area (Å²) in [7, 11) is 0. The van der Waals surface area contributed by atoms with E-state index in [1.54, 1.807) is 24.3 Å². The molecule has 172 valence electrons. The van der Waals surface area contributed by atoms with E-state index in [0.717, 1.165) is 22.6 Å². The molecule has 7 heteroatoms. The van der Waals surface area contributed by atoms with Gasteiger partial charge in [-0.3, -0.25) is 19.2 Å². The molecule has 2 amide bonds.